The first-order chi connectivity index (χ1) is 17.4. The Labute approximate surface area is 218 Å². The summed E-state index contributed by atoms with van der Waals surface area (Å²) in [6.45, 7) is 1.48. The normalized spacial score (nSPS) is 13.3. The third-order valence-corrected chi connectivity index (χ3v) is 5.85. The highest BCUT2D eigenvalue weighted by molar-refractivity contribution is 6.31. The summed E-state index contributed by atoms with van der Waals surface area (Å²) in [4.78, 5) is 18.2. The fraction of sp³-hybridized carbons (Fsp3) is 0.154. The number of benzene rings is 3. The van der Waals surface area contributed by atoms with Crippen LogP contribution in [-0.4, -0.2) is 30.2 Å². The van der Waals surface area contributed by atoms with Crippen LogP contribution in [0.2, 0.25) is 10.0 Å². The van der Waals surface area contributed by atoms with Crippen LogP contribution in [0.15, 0.2) is 71.1 Å². The molecule has 0 aliphatic rings. The van der Waals surface area contributed by atoms with Gasteiger partial charge in [-0.3, -0.25) is 9.69 Å². The van der Waals surface area contributed by atoms with Crippen LogP contribution in [0.4, 0.5) is 23.6 Å². The summed E-state index contributed by atoms with van der Waals surface area (Å²) in [5, 5.41) is 0.685. The first kappa shape index (κ1) is 26.5. The molecule has 1 aromatic heterocycles. The van der Waals surface area contributed by atoms with Crippen molar-refractivity contribution in [1.82, 2.24) is 4.98 Å². The largest absolute Gasteiger partial charge is 0.481 e. The number of hydrogen-bond acceptors (Lipinski definition) is 4. The van der Waals surface area contributed by atoms with Crippen molar-refractivity contribution in [2.75, 3.05) is 11.9 Å². The third-order valence-electron chi connectivity index (χ3n) is 5.36. The maximum atomic E-state index is 15.0. The van der Waals surface area contributed by atoms with Gasteiger partial charge in [0.05, 0.1) is 5.57 Å². The zero-order valence-corrected chi connectivity index (χ0v) is 20.8. The number of likely N-dealkylation sites (N-methyl/N-ethyl adjacent to an activating group) is 1. The average molecular weight is 553 g/mol. The summed E-state index contributed by atoms with van der Waals surface area (Å²) < 4.78 is 67.2. The van der Waals surface area contributed by atoms with E-state index in [4.69, 9.17) is 32.4 Å². The Kier molecular flexibility index (Phi) is 7.47. The number of carbonyl (C=O) groups is 1. The molecule has 37 heavy (non-hydrogen) atoms. The van der Waals surface area contributed by atoms with Gasteiger partial charge in [0.15, 0.2) is 11.7 Å². The minimum atomic E-state index is -4.95. The van der Waals surface area contributed by atoms with E-state index >= 15 is 4.39 Å². The van der Waals surface area contributed by atoms with E-state index in [1.807, 2.05) is 0 Å². The number of allylic oxidation sites excluding steroid dienone is 1. The Morgan fingerprint density at radius 3 is 2.19 bits per heavy atom. The van der Waals surface area contributed by atoms with E-state index in [1.54, 1.807) is 18.2 Å². The number of halogens is 6. The number of oxazole rings is 1. The fourth-order valence-corrected chi connectivity index (χ4v) is 3.80. The number of alkyl halides is 3. The second kappa shape index (κ2) is 10.4. The monoisotopic (exact) mass is 552 g/mol. The van der Waals surface area contributed by atoms with Gasteiger partial charge in [-0.25, -0.2) is 4.39 Å². The molecule has 192 valence electrons. The number of fused-ring (bicyclic) bond motifs is 1. The highest BCUT2D eigenvalue weighted by Crippen LogP contribution is 2.41. The second-order valence-electron chi connectivity index (χ2n) is 7.98. The molecule has 0 radical (unpaired) electrons. The van der Waals surface area contributed by atoms with Gasteiger partial charge in [-0.2, -0.15) is 18.2 Å². The highest BCUT2D eigenvalue weighted by Gasteiger charge is 2.38. The lowest BCUT2D eigenvalue weighted by Crippen LogP contribution is -2.38. The molecule has 5 nitrogen and oxygen atoms in total. The minimum Gasteiger partial charge on any atom is -0.481 e. The van der Waals surface area contributed by atoms with Crippen LogP contribution in [0.25, 0.3) is 22.5 Å². The van der Waals surface area contributed by atoms with E-state index in [2.05, 4.69) is 4.98 Å². The molecule has 1 amide bonds. The summed E-state index contributed by atoms with van der Waals surface area (Å²) in [5.41, 5.74) is -1.19. The summed E-state index contributed by atoms with van der Waals surface area (Å²) in [6, 6.07) is 14.4. The van der Waals surface area contributed by atoms with E-state index in [-0.39, 0.29) is 27.9 Å². The molecule has 0 fully saturated rings. The molecule has 0 bridgehead atoms. The predicted molar refractivity (Wildman–Crippen MR) is 134 cm³/mol. The van der Waals surface area contributed by atoms with Crippen molar-refractivity contribution in [2.45, 2.75) is 19.2 Å². The maximum Gasteiger partial charge on any atom is 0.419 e. The fourth-order valence-electron chi connectivity index (χ4n) is 3.51. The average Bonchev–Trinajstić information content (AvgIpc) is 3.27. The van der Waals surface area contributed by atoms with Gasteiger partial charge in [-0.15, -0.1) is 0 Å². The second-order valence-corrected chi connectivity index (χ2v) is 8.86. The molecular weight excluding hydrogens is 535 g/mol. The van der Waals surface area contributed by atoms with Crippen molar-refractivity contribution >= 4 is 57.6 Å². The van der Waals surface area contributed by atoms with E-state index in [0.717, 1.165) is 29.2 Å². The van der Waals surface area contributed by atoms with Crippen LogP contribution in [0, 0.1) is 0 Å². The van der Waals surface area contributed by atoms with Crippen molar-refractivity contribution in [2.24, 2.45) is 0 Å². The molecule has 1 heterocycles. The Morgan fingerprint density at radius 2 is 1.57 bits per heavy atom. The molecule has 0 spiro atoms. The SMILES string of the molecule is CC(Oc1ccc(C(F)=C(c2ccc(Cl)cc2)C(F)(F)F)cc1)C(=O)N(C)c1nc2cc(Cl)ccc2o1. The maximum absolute atomic E-state index is 15.0. The molecule has 3 aromatic carbocycles. The van der Waals surface area contributed by atoms with Crippen LogP contribution in [0.1, 0.15) is 18.1 Å². The number of ether oxygens (including phenoxy) is 1. The highest BCUT2D eigenvalue weighted by atomic mass is 35.5. The lowest BCUT2D eigenvalue weighted by atomic mass is 10.0. The number of hydrogen-bond donors (Lipinski definition) is 0. The smallest absolute Gasteiger partial charge is 0.419 e. The van der Waals surface area contributed by atoms with Crippen molar-refractivity contribution in [3.05, 3.63) is 87.9 Å². The number of aromatic nitrogens is 1. The molecule has 11 heteroatoms. The lowest BCUT2D eigenvalue weighted by molar-refractivity contribution is -0.124. The van der Waals surface area contributed by atoms with Crippen LogP contribution in [-0.2, 0) is 4.79 Å². The zero-order chi connectivity index (χ0) is 26.9. The molecule has 1 unspecified atom stereocenters. The first-order valence-corrected chi connectivity index (χ1v) is 11.5. The quantitative estimate of drug-likeness (QED) is 0.180. The standard InChI is InChI=1S/C26H18Cl2F4N2O3/c1-14(24(35)34(2)25-33-20-13-18(28)9-12-21(20)37-25)36-19-10-5-16(6-11-19)23(29)22(26(30,31)32)15-3-7-17(27)8-4-15/h3-14H,1-2H3. The Balaban J connectivity index is 1.51. The number of anilines is 1. The van der Waals surface area contributed by atoms with Gasteiger partial charge >= 0.3 is 12.2 Å². The van der Waals surface area contributed by atoms with Gasteiger partial charge in [0.2, 0.25) is 0 Å². The molecule has 0 aliphatic heterocycles. The molecule has 4 rings (SSSR count). The van der Waals surface area contributed by atoms with Crippen molar-refractivity contribution in [3.63, 3.8) is 0 Å². The predicted octanol–water partition coefficient (Wildman–Crippen LogP) is 7.97. The van der Waals surface area contributed by atoms with Gasteiger partial charge in [-0.1, -0.05) is 35.3 Å². The number of rotatable bonds is 6. The molecule has 0 saturated heterocycles. The van der Waals surface area contributed by atoms with E-state index in [1.165, 1.54) is 38.2 Å². The minimum absolute atomic E-state index is 0.0298. The summed E-state index contributed by atoms with van der Waals surface area (Å²) >= 11 is 11.7. The van der Waals surface area contributed by atoms with Crippen LogP contribution >= 0.6 is 23.2 Å². The van der Waals surface area contributed by atoms with Crippen LogP contribution < -0.4 is 9.64 Å². The Hall–Kier alpha value is -3.56. The van der Waals surface area contributed by atoms with Crippen LogP contribution in [0.3, 0.4) is 0 Å². The molecule has 0 saturated carbocycles. The van der Waals surface area contributed by atoms with Gasteiger partial charge in [0, 0.05) is 22.7 Å². The van der Waals surface area contributed by atoms with Gasteiger partial charge in [0.25, 0.3) is 5.91 Å². The number of amides is 1. The first-order valence-electron chi connectivity index (χ1n) is 10.8. The van der Waals surface area contributed by atoms with E-state index in [9.17, 15) is 18.0 Å². The topological polar surface area (TPSA) is 55.6 Å². The summed E-state index contributed by atoms with van der Waals surface area (Å²) in [5.74, 6) is -1.81. The van der Waals surface area contributed by atoms with Crippen molar-refractivity contribution in [3.8, 4) is 5.75 Å². The zero-order valence-electron chi connectivity index (χ0n) is 19.3. The molecule has 1 atom stereocenters. The van der Waals surface area contributed by atoms with E-state index in [0.29, 0.717) is 16.1 Å². The van der Waals surface area contributed by atoms with E-state index < -0.39 is 29.6 Å². The van der Waals surface area contributed by atoms with Crippen molar-refractivity contribution in [1.29, 1.82) is 0 Å². The van der Waals surface area contributed by atoms with Gasteiger partial charge < -0.3 is 9.15 Å². The number of nitrogens with zero attached hydrogens (tertiary/aromatic N) is 2. The molecule has 0 aliphatic carbocycles. The number of carbonyl (C=O) groups excluding carboxylic acids is 1. The van der Waals surface area contributed by atoms with Gasteiger partial charge in [-0.05, 0) is 67.1 Å². The summed E-state index contributed by atoms with van der Waals surface area (Å²) in [7, 11) is 1.45. The lowest BCUT2D eigenvalue weighted by Gasteiger charge is -2.19. The van der Waals surface area contributed by atoms with Gasteiger partial charge in [0.1, 0.15) is 17.1 Å². The van der Waals surface area contributed by atoms with Crippen LogP contribution in [0.5, 0.6) is 5.75 Å². The van der Waals surface area contributed by atoms with Crippen molar-refractivity contribution < 1.29 is 31.5 Å². The summed E-state index contributed by atoms with van der Waals surface area (Å²) in [6.07, 6.45) is -5.97. The molecule has 4 aromatic rings. The Morgan fingerprint density at radius 1 is 0.973 bits per heavy atom. The Bertz CT molecular complexity index is 1470. The third kappa shape index (κ3) is 5.89. The molecule has 0 N–H and O–H groups in total. The molecular formula is C26H18Cl2F4N2O3.